The highest BCUT2D eigenvalue weighted by atomic mass is 16.1. The average Bonchev–Trinajstić information content (AvgIpc) is 2.18. The third kappa shape index (κ3) is 2.36. The minimum Gasteiger partial charge on any atom is -0.323 e. The maximum atomic E-state index is 10.4. The van der Waals surface area contributed by atoms with E-state index in [1.807, 2.05) is 6.07 Å². The number of nitrogens with zero attached hydrogens (tertiary/aromatic N) is 2. The van der Waals surface area contributed by atoms with Crippen molar-refractivity contribution in [3.05, 3.63) is 29.6 Å². The first kappa shape index (κ1) is 9.36. The normalized spacial score (nSPS) is 11.7. The Bertz CT molecular complexity index is 343. The molecule has 1 atom stereocenters. The van der Waals surface area contributed by atoms with Crippen molar-refractivity contribution < 1.29 is 4.79 Å². The summed E-state index contributed by atoms with van der Waals surface area (Å²) >= 11 is 0. The minimum atomic E-state index is -0.364. The number of rotatable bonds is 3. The summed E-state index contributed by atoms with van der Waals surface area (Å²) in [5.74, 6) is 0. The fraction of sp³-hybridized carbons (Fsp3) is 0.222. The first-order valence-corrected chi connectivity index (χ1v) is 3.80. The van der Waals surface area contributed by atoms with Crippen molar-refractivity contribution in [3.63, 3.8) is 0 Å². The van der Waals surface area contributed by atoms with Gasteiger partial charge in [-0.3, -0.25) is 9.78 Å². The van der Waals surface area contributed by atoms with Crippen LogP contribution in [0.2, 0.25) is 0 Å². The van der Waals surface area contributed by atoms with Crippen LogP contribution in [0.1, 0.15) is 28.4 Å². The Balaban J connectivity index is 2.89. The predicted molar refractivity (Wildman–Crippen MR) is 46.8 cm³/mol. The smallest absolute Gasteiger partial charge is 0.151 e. The van der Waals surface area contributed by atoms with Crippen LogP contribution < -0.4 is 5.73 Å². The van der Waals surface area contributed by atoms with Gasteiger partial charge in [-0.25, -0.2) is 0 Å². The lowest BCUT2D eigenvalue weighted by Gasteiger charge is -2.06. The van der Waals surface area contributed by atoms with Crippen LogP contribution in [-0.4, -0.2) is 11.3 Å². The van der Waals surface area contributed by atoms with E-state index < -0.39 is 0 Å². The molecular formula is C9H9N3O. The Hall–Kier alpha value is -1.73. The van der Waals surface area contributed by atoms with Gasteiger partial charge in [0.2, 0.25) is 0 Å². The molecule has 0 aliphatic rings. The van der Waals surface area contributed by atoms with E-state index in [9.17, 15) is 4.79 Å². The second kappa shape index (κ2) is 4.33. The molecule has 0 saturated carbocycles. The van der Waals surface area contributed by atoms with Crippen LogP contribution in [0, 0.1) is 11.3 Å². The molecule has 0 radical (unpaired) electrons. The standard InChI is InChI=1S/C9H9N3O/c10-2-1-9(11)8-3-7(6-13)4-12-5-8/h3-6,9H,1,11H2/t9-/m0/s1. The van der Waals surface area contributed by atoms with Gasteiger partial charge in [0.25, 0.3) is 0 Å². The van der Waals surface area contributed by atoms with Crippen molar-refractivity contribution in [2.45, 2.75) is 12.5 Å². The molecule has 0 amide bonds. The van der Waals surface area contributed by atoms with Crippen LogP contribution >= 0.6 is 0 Å². The molecule has 66 valence electrons. The van der Waals surface area contributed by atoms with E-state index in [1.54, 1.807) is 12.3 Å². The topological polar surface area (TPSA) is 79.8 Å². The van der Waals surface area contributed by atoms with Gasteiger partial charge in [-0.2, -0.15) is 5.26 Å². The largest absolute Gasteiger partial charge is 0.323 e. The SMILES string of the molecule is N#CC[C@H](N)c1cncc(C=O)c1. The van der Waals surface area contributed by atoms with Crippen LogP contribution in [0.4, 0.5) is 0 Å². The van der Waals surface area contributed by atoms with Crippen molar-refractivity contribution in [1.82, 2.24) is 4.98 Å². The highest BCUT2D eigenvalue weighted by Crippen LogP contribution is 2.12. The van der Waals surface area contributed by atoms with E-state index in [-0.39, 0.29) is 12.5 Å². The monoisotopic (exact) mass is 175 g/mol. The number of carbonyl (C=O) groups is 1. The number of nitriles is 1. The van der Waals surface area contributed by atoms with Crippen molar-refractivity contribution in [1.29, 1.82) is 5.26 Å². The van der Waals surface area contributed by atoms with Gasteiger partial charge in [0.15, 0.2) is 6.29 Å². The van der Waals surface area contributed by atoms with Gasteiger partial charge in [-0.15, -0.1) is 0 Å². The summed E-state index contributed by atoms with van der Waals surface area (Å²) in [6.45, 7) is 0. The average molecular weight is 175 g/mol. The summed E-state index contributed by atoms with van der Waals surface area (Å²) in [5, 5.41) is 8.40. The number of nitrogens with two attached hydrogens (primary N) is 1. The van der Waals surface area contributed by atoms with E-state index >= 15 is 0 Å². The van der Waals surface area contributed by atoms with Gasteiger partial charge >= 0.3 is 0 Å². The molecule has 4 heteroatoms. The van der Waals surface area contributed by atoms with E-state index in [0.717, 1.165) is 0 Å². The van der Waals surface area contributed by atoms with Crippen molar-refractivity contribution >= 4 is 6.29 Å². The maximum absolute atomic E-state index is 10.4. The zero-order chi connectivity index (χ0) is 9.68. The molecular weight excluding hydrogens is 166 g/mol. The lowest BCUT2D eigenvalue weighted by molar-refractivity contribution is 0.112. The molecule has 4 nitrogen and oxygen atoms in total. The number of aromatic nitrogens is 1. The van der Waals surface area contributed by atoms with Gasteiger partial charge in [0, 0.05) is 24.0 Å². The van der Waals surface area contributed by atoms with E-state index in [4.69, 9.17) is 11.0 Å². The molecule has 1 rings (SSSR count). The molecule has 0 bridgehead atoms. The first-order valence-electron chi connectivity index (χ1n) is 3.80. The van der Waals surface area contributed by atoms with Gasteiger partial charge in [-0.1, -0.05) is 0 Å². The fourth-order valence-electron chi connectivity index (χ4n) is 0.960. The molecule has 1 aromatic heterocycles. The summed E-state index contributed by atoms with van der Waals surface area (Å²) in [5.41, 5.74) is 6.84. The molecule has 13 heavy (non-hydrogen) atoms. The third-order valence-electron chi connectivity index (χ3n) is 1.66. The molecule has 2 N–H and O–H groups in total. The summed E-state index contributed by atoms with van der Waals surface area (Å²) in [6, 6.07) is 3.24. The Labute approximate surface area is 76.0 Å². The van der Waals surface area contributed by atoms with Gasteiger partial charge in [-0.05, 0) is 11.6 Å². The van der Waals surface area contributed by atoms with E-state index in [1.165, 1.54) is 6.20 Å². The van der Waals surface area contributed by atoms with Crippen LogP contribution in [0.25, 0.3) is 0 Å². The van der Waals surface area contributed by atoms with E-state index in [0.29, 0.717) is 17.4 Å². The molecule has 0 aliphatic carbocycles. The Morgan fingerprint density at radius 3 is 3.08 bits per heavy atom. The predicted octanol–water partition coefficient (Wildman–Crippen LogP) is 0.808. The van der Waals surface area contributed by atoms with Crippen LogP contribution in [-0.2, 0) is 0 Å². The minimum absolute atomic E-state index is 0.226. The Kier molecular flexibility index (Phi) is 3.12. The van der Waals surface area contributed by atoms with Gasteiger partial charge in [0.05, 0.1) is 12.5 Å². The van der Waals surface area contributed by atoms with E-state index in [2.05, 4.69) is 4.98 Å². The highest BCUT2D eigenvalue weighted by Gasteiger charge is 2.05. The molecule has 0 aliphatic heterocycles. The van der Waals surface area contributed by atoms with Crippen molar-refractivity contribution in [2.24, 2.45) is 5.73 Å². The van der Waals surface area contributed by atoms with Crippen LogP contribution in [0.15, 0.2) is 18.5 Å². The second-order valence-corrected chi connectivity index (χ2v) is 2.64. The molecule has 1 heterocycles. The lowest BCUT2D eigenvalue weighted by atomic mass is 10.1. The maximum Gasteiger partial charge on any atom is 0.151 e. The quantitative estimate of drug-likeness (QED) is 0.689. The lowest BCUT2D eigenvalue weighted by Crippen LogP contribution is -2.09. The summed E-state index contributed by atoms with van der Waals surface area (Å²) < 4.78 is 0. The van der Waals surface area contributed by atoms with Gasteiger partial charge < -0.3 is 5.73 Å². The van der Waals surface area contributed by atoms with Gasteiger partial charge in [0.1, 0.15) is 0 Å². The summed E-state index contributed by atoms with van der Waals surface area (Å²) in [7, 11) is 0. The zero-order valence-electron chi connectivity index (χ0n) is 6.97. The molecule has 0 spiro atoms. The van der Waals surface area contributed by atoms with Crippen LogP contribution in [0.3, 0.4) is 0 Å². The summed E-state index contributed by atoms with van der Waals surface area (Å²) in [6.07, 6.45) is 3.95. The Morgan fingerprint density at radius 1 is 1.69 bits per heavy atom. The van der Waals surface area contributed by atoms with Crippen LogP contribution in [0.5, 0.6) is 0 Å². The number of hydrogen-bond donors (Lipinski definition) is 1. The third-order valence-corrected chi connectivity index (χ3v) is 1.66. The molecule has 0 saturated heterocycles. The molecule has 1 aromatic rings. The summed E-state index contributed by atoms with van der Waals surface area (Å²) in [4.78, 5) is 14.2. The second-order valence-electron chi connectivity index (χ2n) is 2.64. The number of carbonyl (C=O) groups excluding carboxylic acids is 1. The van der Waals surface area contributed by atoms with Crippen molar-refractivity contribution in [3.8, 4) is 6.07 Å². The molecule has 0 aromatic carbocycles. The highest BCUT2D eigenvalue weighted by molar-refractivity contribution is 5.74. The molecule has 0 fully saturated rings. The Morgan fingerprint density at radius 2 is 2.46 bits per heavy atom. The zero-order valence-corrected chi connectivity index (χ0v) is 6.97. The first-order chi connectivity index (χ1) is 6.27. The fourth-order valence-corrected chi connectivity index (χ4v) is 0.960. The molecule has 0 unspecified atom stereocenters. The van der Waals surface area contributed by atoms with Crippen molar-refractivity contribution in [2.75, 3.05) is 0 Å². The number of aldehydes is 1. The number of pyridine rings is 1. The number of hydrogen-bond acceptors (Lipinski definition) is 4.